The quantitative estimate of drug-likeness (QED) is 0.175. The third kappa shape index (κ3) is 2.17. The molecule has 0 saturated heterocycles. The largest absolute Gasteiger partial charge is 0.0616 e. The number of rotatable bonds is 0. The first-order valence-electron chi connectivity index (χ1n) is 12.5. The molecule has 166 valence electrons. The van der Waals surface area contributed by atoms with E-state index in [0.29, 0.717) is 0 Å². The summed E-state index contributed by atoms with van der Waals surface area (Å²) in [5.41, 5.74) is 1.33. The van der Waals surface area contributed by atoms with Gasteiger partial charge in [0.2, 0.25) is 0 Å². The first-order chi connectivity index (χ1) is 17.7. The van der Waals surface area contributed by atoms with Crippen LogP contribution >= 0.6 is 15.9 Å². The Morgan fingerprint density at radius 1 is 0.361 bits per heavy atom. The number of aryl methyl sites for hydroxylation is 1. The molecule has 9 aromatic rings. The summed E-state index contributed by atoms with van der Waals surface area (Å²) >= 11 is 3.78. The minimum absolute atomic E-state index is 1.16. The third-order valence-electron chi connectivity index (χ3n) is 8.51. The Morgan fingerprint density at radius 3 is 1.56 bits per heavy atom. The van der Waals surface area contributed by atoms with Gasteiger partial charge in [-0.05, 0) is 123 Å². The van der Waals surface area contributed by atoms with Crippen LogP contribution in [0.3, 0.4) is 0 Å². The van der Waals surface area contributed by atoms with Gasteiger partial charge in [0.05, 0.1) is 0 Å². The summed E-state index contributed by atoms with van der Waals surface area (Å²) in [6, 6.07) is 36.6. The first-order valence-corrected chi connectivity index (χ1v) is 13.3. The second-order valence-electron chi connectivity index (χ2n) is 10.3. The molecule has 0 fully saturated rings. The molecule has 0 radical (unpaired) electrons. The van der Waals surface area contributed by atoms with Gasteiger partial charge < -0.3 is 0 Å². The molecular weight excluding hydrogens is 500 g/mol. The van der Waals surface area contributed by atoms with Gasteiger partial charge in [-0.15, -0.1) is 0 Å². The zero-order valence-electron chi connectivity index (χ0n) is 19.6. The van der Waals surface area contributed by atoms with E-state index in [0.717, 1.165) is 4.47 Å². The van der Waals surface area contributed by atoms with Crippen molar-refractivity contribution in [2.24, 2.45) is 0 Å². The highest BCUT2D eigenvalue weighted by atomic mass is 79.9. The van der Waals surface area contributed by atoms with Crippen LogP contribution in [0.25, 0.3) is 86.2 Å². The average Bonchev–Trinajstić information content (AvgIpc) is 3.41. The maximum Gasteiger partial charge on any atom is 0.0254 e. The lowest BCUT2D eigenvalue weighted by molar-refractivity contribution is 1.57. The monoisotopic (exact) mass is 518 g/mol. The normalized spacial score (nSPS) is 12.7. The summed E-state index contributed by atoms with van der Waals surface area (Å²) in [4.78, 5) is 0. The highest BCUT2D eigenvalue weighted by molar-refractivity contribution is 9.10. The molecule has 0 aliphatic heterocycles. The Kier molecular flexibility index (Phi) is 3.44. The van der Waals surface area contributed by atoms with Crippen molar-refractivity contribution in [2.75, 3.05) is 0 Å². The van der Waals surface area contributed by atoms with Gasteiger partial charge in [-0.2, -0.15) is 0 Å². The molecule has 0 bridgehead atoms. The molecule has 9 aromatic carbocycles. The van der Waals surface area contributed by atoms with Crippen molar-refractivity contribution < 1.29 is 0 Å². The van der Waals surface area contributed by atoms with Gasteiger partial charge in [0.25, 0.3) is 0 Å². The van der Waals surface area contributed by atoms with Gasteiger partial charge >= 0.3 is 0 Å². The van der Waals surface area contributed by atoms with E-state index in [9.17, 15) is 0 Å². The van der Waals surface area contributed by atoms with Crippen LogP contribution in [-0.2, 0) is 0 Å². The molecule has 9 rings (SSSR count). The maximum absolute atomic E-state index is 3.78. The Bertz CT molecular complexity index is 2380. The smallest absolute Gasteiger partial charge is 0.0254 e. The number of benzene rings is 7. The lowest BCUT2D eigenvalue weighted by Gasteiger charge is -2.12. The minimum atomic E-state index is 1.16. The van der Waals surface area contributed by atoms with E-state index in [1.54, 1.807) is 0 Å². The van der Waals surface area contributed by atoms with E-state index < -0.39 is 0 Å². The van der Waals surface area contributed by atoms with Crippen LogP contribution in [0.2, 0.25) is 0 Å². The third-order valence-corrected chi connectivity index (χ3v) is 9.20. The van der Waals surface area contributed by atoms with Gasteiger partial charge in [0, 0.05) is 4.47 Å². The van der Waals surface area contributed by atoms with Crippen molar-refractivity contribution in [3.05, 3.63) is 107 Å². The summed E-state index contributed by atoms with van der Waals surface area (Å²) in [7, 11) is 0. The van der Waals surface area contributed by atoms with Crippen LogP contribution in [-0.4, -0.2) is 0 Å². The van der Waals surface area contributed by atoms with Gasteiger partial charge in [0.15, 0.2) is 0 Å². The topological polar surface area (TPSA) is 0 Å². The van der Waals surface area contributed by atoms with Crippen LogP contribution in [0.5, 0.6) is 0 Å². The van der Waals surface area contributed by atoms with E-state index >= 15 is 0 Å². The van der Waals surface area contributed by atoms with E-state index in [4.69, 9.17) is 0 Å². The van der Waals surface area contributed by atoms with Gasteiger partial charge in [-0.1, -0.05) is 88.7 Å². The number of halogens is 1. The number of fused-ring (bicyclic) bond motifs is 10. The molecular formula is C35H19Br. The number of hydrogen-bond donors (Lipinski definition) is 0. The highest BCUT2D eigenvalue weighted by Gasteiger charge is 2.18. The summed E-state index contributed by atoms with van der Waals surface area (Å²) < 4.78 is 1.16. The molecule has 0 amide bonds. The maximum atomic E-state index is 3.78. The van der Waals surface area contributed by atoms with Crippen molar-refractivity contribution in [1.29, 1.82) is 0 Å². The predicted octanol–water partition coefficient (Wildman–Crippen LogP) is 10.9. The van der Waals surface area contributed by atoms with Crippen LogP contribution in [0.4, 0.5) is 0 Å². The Labute approximate surface area is 215 Å². The molecule has 0 atom stereocenters. The van der Waals surface area contributed by atoms with E-state index in [1.807, 2.05) is 0 Å². The molecule has 0 N–H and O–H groups in total. The Morgan fingerprint density at radius 2 is 0.806 bits per heavy atom. The molecule has 0 aliphatic carbocycles. The molecule has 0 heterocycles. The van der Waals surface area contributed by atoms with Crippen molar-refractivity contribution in [2.45, 2.75) is 6.92 Å². The summed E-state index contributed by atoms with van der Waals surface area (Å²) in [5, 5.41) is 21.6. The Balaban J connectivity index is 1.56. The molecule has 0 spiro atoms. The summed E-state index contributed by atoms with van der Waals surface area (Å²) in [6.07, 6.45) is 0. The van der Waals surface area contributed by atoms with Crippen molar-refractivity contribution in [1.82, 2.24) is 0 Å². The highest BCUT2D eigenvalue weighted by Crippen LogP contribution is 2.46. The molecule has 0 saturated carbocycles. The van der Waals surface area contributed by atoms with Crippen LogP contribution in [0, 0.1) is 6.92 Å². The molecule has 1 heteroatoms. The van der Waals surface area contributed by atoms with Crippen LogP contribution in [0.15, 0.2) is 102 Å². The fourth-order valence-corrected chi connectivity index (χ4v) is 7.45. The van der Waals surface area contributed by atoms with Crippen molar-refractivity contribution >= 4 is 102 Å². The lowest BCUT2D eigenvalue weighted by Crippen LogP contribution is -1.85. The molecule has 0 unspecified atom stereocenters. The zero-order chi connectivity index (χ0) is 23.7. The fraction of sp³-hybridized carbons (Fsp3) is 0.0286. The van der Waals surface area contributed by atoms with Crippen LogP contribution < -0.4 is 0 Å². The molecule has 0 aromatic heterocycles. The van der Waals surface area contributed by atoms with E-state index in [2.05, 4.69) is 120 Å². The minimum Gasteiger partial charge on any atom is -0.0616 e. The second-order valence-corrected chi connectivity index (χ2v) is 11.1. The van der Waals surface area contributed by atoms with Gasteiger partial charge in [0.1, 0.15) is 0 Å². The SMILES string of the molecule is Cc1cc2c(cc3c4ccccc4c4cccc2c43)c2cc3c(cc12)c1ccc(Br)c2cccc3c21. The fourth-order valence-electron chi connectivity index (χ4n) is 6.98. The second kappa shape index (κ2) is 6.43. The average molecular weight is 519 g/mol. The summed E-state index contributed by atoms with van der Waals surface area (Å²) in [6.45, 7) is 2.27. The predicted molar refractivity (Wildman–Crippen MR) is 161 cm³/mol. The first kappa shape index (κ1) is 19.3. The van der Waals surface area contributed by atoms with Gasteiger partial charge in [-0.3, -0.25) is 0 Å². The Hall–Kier alpha value is -3.94. The standard InChI is InChI=1S/C35H19Br/c1-18-14-27-22-9-4-8-21-19-6-2-3-7-20(19)32(35(21)22)17-31(27)30-16-29-23-10-5-11-25-33(36)13-12-24(34(23)25)28(29)15-26(18)30/h2-17H,1H3. The number of hydrogen-bond acceptors (Lipinski definition) is 0. The summed E-state index contributed by atoms with van der Waals surface area (Å²) in [5.74, 6) is 0. The van der Waals surface area contributed by atoms with E-state index in [1.165, 1.54) is 91.7 Å². The van der Waals surface area contributed by atoms with E-state index in [-0.39, 0.29) is 0 Å². The van der Waals surface area contributed by atoms with Crippen molar-refractivity contribution in [3.8, 4) is 0 Å². The molecule has 0 nitrogen and oxygen atoms in total. The van der Waals surface area contributed by atoms with Crippen molar-refractivity contribution in [3.63, 3.8) is 0 Å². The molecule has 36 heavy (non-hydrogen) atoms. The molecule has 0 aliphatic rings. The van der Waals surface area contributed by atoms with Gasteiger partial charge in [-0.25, -0.2) is 0 Å². The lowest BCUT2D eigenvalue weighted by atomic mass is 9.91. The van der Waals surface area contributed by atoms with Crippen LogP contribution in [0.1, 0.15) is 5.56 Å². The zero-order valence-corrected chi connectivity index (χ0v) is 21.2.